The van der Waals surface area contributed by atoms with E-state index in [-0.39, 0.29) is 12.3 Å². The smallest absolute Gasteiger partial charge is 0.227 e. The predicted molar refractivity (Wildman–Crippen MR) is 145 cm³/mol. The molecule has 3 saturated heterocycles. The number of nitrogens with zero attached hydrogens (tertiary/aromatic N) is 5. The van der Waals surface area contributed by atoms with Crippen LogP contribution in [0.15, 0.2) is 30.6 Å². The summed E-state index contributed by atoms with van der Waals surface area (Å²) in [7, 11) is 0. The van der Waals surface area contributed by atoms with Gasteiger partial charge in [-0.05, 0) is 43.2 Å². The zero-order valence-corrected chi connectivity index (χ0v) is 22.8. The normalized spacial score (nSPS) is 22.8. The Morgan fingerprint density at radius 1 is 1.05 bits per heavy atom. The number of aliphatic hydroxyl groups is 2. The van der Waals surface area contributed by atoms with Gasteiger partial charge in [0.2, 0.25) is 11.9 Å². The minimum atomic E-state index is -0.696. The van der Waals surface area contributed by atoms with Crippen LogP contribution in [0.2, 0.25) is 5.02 Å². The van der Waals surface area contributed by atoms with Crippen LogP contribution in [0.4, 0.5) is 10.3 Å². The van der Waals surface area contributed by atoms with Gasteiger partial charge in [-0.3, -0.25) is 9.69 Å². The van der Waals surface area contributed by atoms with Crippen molar-refractivity contribution in [1.29, 1.82) is 0 Å². The zero-order valence-electron chi connectivity index (χ0n) is 22.1. The molecule has 0 spiro atoms. The molecule has 4 heterocycles. The zero-order chi connectivity index (χ0) is 27.4. The molecule has 11 heteroatoms. The van der Waals surface area contributed by atoms with Crippen molar-refractivity contribution in [3.8, 4) is 5.75 Å². The van der Waals surface area contributed by atoms with Crippen LogP contribution in [0, 0.1) is 17.7 Å². The molecule has 39 heavy (non-hydrogen) atoms. The van der Waals surface area contributed by atoms with Gasteiger partial charge < -0.3 is 24.7 Å². The lowest BCUT2D eigenvalue weighted by atomic mass is 9.92. The predicted octanol–water partition coefficient (Wildman–Crippen LogP) is 2.38. The number of rotatable bonds is 10. The maximum absolute atomic E-state index is 14.7. The molecule has 3 aliphatic rings. The summed E-state index contributed by atoms with van der Waals surface area (Å²) in [4.78, 5) is 27.2. The van der Waals surface area contributed by atoms with E-state index in [1.165, 1.54) is 6.07 Å². The largest absolute Gasteiger partial charge is 0.493 e. The van der Waals surface area contributed by atoms with E-state index >= 15 is 0 Å². The maximum Gasteiger partial charge on any atom is 0.227 e. The van der Waals surface area contributed by atoms with Gasteiger partial charge in [0.15, 0.2) is 0 Å². The van der Waals surface area contributed by atoms with Crippen LogP contribution in [0.25, 0.3) is 0 Å². The Labute approximate surface area is 233 Å². The highest BCUT2D eigenvalue weighted by molar-refractivity contribution is 6.30. The second-order valence-electron chi connectivity index (χ2n) is 11.1. The molecule has 3 aliphatic heterocycles. The number of carbonyl (C=O) groups is 1. The molecule has 0 aliphatic carbocycles. The SMILES string of the molecule is O=C(Cc1ccc(OCCCC2CCN(c3ncc(Cl)cn3)CC2)cc1F)N1CC(CN2C[C@@H](O)[C@@H](O)C2)C1. The first kappa shape index (κ1) is 28.0. The molecule has 9 nitrogen and oxygen atoms in total. The Kier molecular flexibility index (Phi) is 9.17. The van der Waals surface area contributed by atoms with Crippen LogP contribution in [0.1, 0.15) is 31.2 Å². The highest BCUT2D eigenvalue weighted by atomic mass is 35.5. The molecule has 5 rings (SSSR count). The summed E-state index contributed by atoms with van der Waals surface area (Å²) in [5.41, 5.74) is 0.373. The third-order valence-electron chi connectivity index (χ3n) is 8.06. The molecule has 1 aromatic heterocycles. The number of benzene rings is 1. The van der Waals surface area contributed by atoms with Crippen LogP contribution < -0.4 is 9.64 Å². The average molecular weight is 562 g/mol. The van der Waals surface area contributed by atoms with Crippen molar-refractivity contribution in [2.45, 2.75) is 44.3 Å². The van der Waals surface area contributed by atoms with Crippen molar-refractivity contribution in [1.82, 2.24) is 19.8 Å². The van der Waals surface area contributed by atoms with Crippen LogP contribution in [0.5, 0.6) is 5.75 Å². The van der Waals surface area contributed by atoms with Crippen molar-refractivity contribution >= 4 is 23.5 Å². The highest BCUT2D eigenvalue weighted by Gasteiger charge is 2.36. The number of hydrogen-bond donors (Lipinski definition) is 2. The number of piperidine rings is 1. The monoisotopic (exact) mass is 561 g/mol. The molecule has 0 radical (unpaired) electrons. The van der Waals surface area contributed by atoms with Crippen molar-refractivity contribution in [3.63, 3.8) is 0 Å². The average Bonchev–Trinajstić information content (AvgIpc) is 3.22. The van der Waals surface area contributed by atoms with Gasteiger partial charge in [-0.15, -0.1) is 0 Å². The van der Waals surface area contributed by atoms with Crippen LogP contribution in [0.3, 0.4) is 0 Å². The third kappa shape index (κ3) is 7.36. The molecule has 212 valence electrons. The van der Waals surface area contributed by atoms with Gasteiger partial charge in [0.25, 0.3) is 0 Å². The van der Waals surface area contributed by atoms with E-state index in [4.69, 9.17) is 16.3 Å². The van der Waals surface area contributed by atoms with Crippen LogP contribution in [-0.2, 0) is 11.2 Å². The fourth-order valence-electron chi connectivity index (χ4n) is 5.74. The topological polar surface area (TPSA) is 102 Å². The molecule has 1 aromatic carbocycles. The second-order valence-corrected chi connectivity index (χ2v) is 11.5. The fourth-order valence-corrected chi connectivity index (χ4v) is 5.84. The number of aromatic nitrogens is 2. The van der Waals surface area contributed by atoms with Crippen LogP contribution in [-0.4, -0.2) is 101 Å². The molecule has 1 amide bonds. The number of ether oxygens (including phenoxy) is 1. The molecular weight excluding hydrogens is 525 g/mol. The Balaban J connectivity index is 0.971. The Morgan fingerprint density at radius 2 is 1.74 bits per heavy atom. The summed E-state index contributed by atoms with van der Waals surface area (Å²) in [5.74, 6) is 1.64. The molecule has 2 atom stereocenters. The van der Waals surface area contributed by atoms with E-state index < -0.39 is 18.0 Å². The summed E-state index contributed by atoms with van der Waals surface area (Å²) in [5, 5.41) is 19.9. The lowest BCUT2D eigenvalue weighted by Crippen LogP contribution is -2.54. The number of halogens is 2. The molecule has 0 saturated carbocycles. The number of amides is 1. The summed E-state index contributed by atoms with van der Waals surface area (Å²) in [6, 6.07) is 4.75. The summed E-state index contributed by atoms with van der Waals surface area (Å²) in [6.07, 6.45) is 5.99. The molecule has 2 N–H and O–H groups in total. The molecule has 0 unspecified atom stereocenters. The standard InChI is InChI=1S/C28H37ClFN5O4/c29-22-12-31-28(32-13-22)34-7-5-19(6-8-34)2-1-9-39-23-4-3-21(24(30)11-23)10-27(38)35-15-20(16-35)14-33-17-25(36)26(37)18-33/h3-4,11-13,19-20,25-26,36-37H,1-2,5-10,14-18H2/t25-,26+. The maximum atomic E-state index is 14.7. The quantitative estimate of drug-likeness (QED) is 0.426. The summed E-state index contributed by atoms with van der Waals surface area (Å²) < 4.78 is 20.5. The van der Waals surface area contributed by atoms with Gasteiger partial charge in [0.1, 0.15) is 11.6 Å². The summed E-state index contributed by atoms with van der Waals surface area (Å²) >= 11 is 5.87. The number of carbonyl (C=O) groups excluding carboxylic acids is 1. The minimum absolute atomic E-state index is 0.0275. The number of β-amino-alcohol motifs (C(OH)–C–C–N with tert-alkyl or cyclic N) is 2. The van der Waals surface area contributed by atoms with Crippen molar-refractivity contribution < 1.29 is 24.1 Å². The Bertz CT molecular complexity index is 1100. The lowest BCUT2D eigenvalue weighted by Gasteiger charge is -2.41. The Hall–Kier alpha value is -2.53. The minimum Gasteiger partial charge on any atom is -0.493 e. The van der Waals surface area contributed by atoms with E-state index in [0.717, 1.165) is 51.3 Å². The van der Waals surface area contributed by atoms with Gasteiger partial charge >= 0.3 is 0 Å². The van der Waals surface area contributed by atoms with Gasteiger partial charge in [-0.1, -0.05) is 17.7 Å². The Morgan fingerprint density at radius 3 is 2.41 bits per heavy atom. The number of hydrogen-bond acceptors (Lipinski definition) is 8. The van der Waals surface area contributed by atoms with Crippen LogP contribution >= 0.6 is 11.6 Å². The van der Waals surface area contributed by atoms with Crippen molar-refractivity contribution in [3.05, 3.63) is 47.0 Å². The van der Waals surface area contributed by atoms with E-state index in [1.807, 2.05) is 4.90 Å². The van der Waals surface area contributed by atoms with Gasteiger partial charge in [-0.25, -0.2) is 14.4 Å². The fraction of sp³-hybridized carbons (Fsp3) is 0.607. The summed E-state index contributed by atoms with van der Waals surface area (Å²) in [6.45, 7) is 5.29. The van der Waals surface area contributed by atoms with Gasteiger partial charge in [0, 0.05) is 57.8 Å². The first-order valence-electron chi connectivity index (χ1n) is 13.8. The molecule has 3 fully saturated rings. The van der Waals surface area contributed by atoms with Crippen molar-refractivity contribution in [2.75, 3.05) is 57.3 Å². The number of likely N-dealkylation sites (tertiary alicyclic amines) is 2. The van der Waals surface area contributed by atoms with Gasteiger partial charge in [0.05, 0.1) is 42.7 Å². The van der Waals surface area contributed by atoms with E-state index in [2.05, 4.69) is 14.9 Å². The first-order valence-corrected chi connectivity index (χ1v) is 14.2. The number of anilines is 1. The molecule has 2 aromatic rings. The van der Waals surface area contributed by atoms with Crippen molar-refractivity contribution in [2.24, 2.45) is 11.8 Å². The molecular formula is C28H37ClFN5O4. The lowest BCUT2D eigenvalue weighted by molar-refractivity contribution is -0.137. The first-order chi connectivity index (χ1) is 18.8. The highest BCUT2D eigenvalue weighted by Crippen LogP contribution is 2.26. The third-order valence-corrected chi connectivity index (χ3v) is 8.25. The number of aliphatic hydroxyl groups excluding tert-OH is 2. The van der Waals surface area contributed by atoms with E-state index in [0.29, 0.717) is 61.0 Å². The second kappa shape index (κ2) is 12.8. The molecule has 0 bridgehead atoms. The van der Waals surface area contributed by atoms with Gasteiger partial charge in [-0.2, -0.15) is 0 Å². The van der Waals surface area contributed by atoms with E-state index in [1.54, 1.807) is 29.4 Å². The van der Waals surface area contributed by atoms with E-state index in [9.17, 15) is 19.4 Å².